The Hall–Kier alpha value is -3.63. The number of benzene rings is 3. The molecule has 0 bridgehead atoms. The monoisotopic (exact) mass is 626 g/mol. The summed E-state index contributed by atoms with van der Waals surface area (Å²) < 4.78 is 18.0. The van der Waals surface area contributed by atoms with E-state index in [2.05, 4.69) is 37.2 Å². The van der Waals surface area contributed by atoms with Crippen LogP contribution in [0.5, 0.6) is 17.2 Å². The smallest absolute Gasteiger partial charge is 0.335 e. The number of carbonyl (C=O) groups excluding carboxylic acids is 3. The maximum absolute atomic E-state index is 13.2. The van der Waals surface area contributed by atoms with Crippen LogP contribution in [0.25, 0.3) is 6.08 Å². The standard InChI is InChI=1S/C27H20Br2N2O6/c1-2-15-3-6-18(7-4-15)31-26(33)19(25(32)30-27(31)34)9-17-10-20(28)24(21(29)11-17)35-13-16-5-8-22-23(12-16)37-14-36-22/h3-12H,2,13-14H2,1H3,(H,30,32,34)/b19-9-. The molecule has 2 aliphatic rings. The Balaban J connectivity index is 1.37. The van der Waals surface area contributed by atoms with E-state index >= 15 is 0 Å². The summed E-state index contributed by atoms with van der Waals surface area (Å²) in [4.78, 5) is 39.2. The van der Waals surface area contributed by atoms with Crippen molar-refractivity contribution >= 4 is 61.5 Å². The number of amides is 4. The van der Waals surface area contributed by atoms with Crippen molar-refractivity contribution in [2.45, 2.75) is 20.0 Å². The van der Waals surface area contributed by atoms with Crippen LogP contribution < -0.4 is 24.4 Å². The van der Waals surface area contributed by atoms with E-state index in [1.807, 2.05) is 37.3 Å². The fraction of sp³-hybridized carbons (Fsp3) is 0.148. The van der Waals surface area contributed by atoms with Gasteiger partial charge in [0.25, 0.3) is 11.8 Å². The minimum Gasteiger partial charge on any atom is -0.487 e. The molecule has 4 amide bonds. The number of urea groups is 1. The minimum absolute atomic E-state index is 0.160. The van der Waals surface area contributed by atoms with Crippen molar-refractivity contribution in [3.05, 3.63) is 85.8 Å². The molecule has 1 saturated heterocycles. The van der Waals surface area contributed by atoms with Crippen LogP contribution in [0.3, 0.4) is 0 Å². The minimum atomic E-state index is -0.786. The zero-order valence-corrected chi connectivity index (χ0v) is 22.7. The predicted molar refractivity (Wildman–Crippen MR) is 144 cm³/mol. The second-order valence-electron chi connectivity index (χ2n) is 8.27. The Morgan fingerprint density at radius 3 is 2.32 bits per heavy atom. The first-order valence-electron chi connectivity index (χ1n) is 11.3. The van der Waals surface area contributed by atoms with Gasteiger partial charge in [-0.2, -0.15) is 0 Å². The van der Waals surface area contributed by atoms with E-state index in [4.69, 9.17) is 14.2 Å². The van der Waals surface area contributed by atoms with E-state index in [0.717, 1.165) is 22.4 Å². The van der Waals surface area contributed by atoms with E-state index in [1.165, 1.54) is 6.08 Å². The quantitative estimate of drug-likeness (QED) is 0.276. The van der Waals surface area contributed by atoms with Gasteiger partial charge in [-0.05, 0) is 97.4 Å². The Labute approximate surface area is 229 Å². The highest BCUT2D eigenvalue weighted by Crippen LogP contribution is 2.37. The highest BCUT2D eigenvalue weighted by atomic mass is 79.9. The van der Waals surface area contributed by atoms with Gasteiger partial charge in [0.05, 0.1) is 14.6 Å². The molecule has 2 heterocycles. The highest BCUT2D eigenvalue weighted by Gasteiger charge is 2.36. The summed E-state index contributed by atoms with van der Waals surface area (Å²) in [6, 6.07) is 15.3. The molecule has 37 heavy (non-hydrogen) atoms. The number of ether oxygens (including phenoxy) is 3. The number of rotatable bonds is 6. The molecule has 0 aliphatic carbocycles. The molecular weight excluding hydrogens is 608 g/mol. The lowest BCUT2D eigenvalue weighted by Crippen LogP contribution is -2.54. The number of barbiturate groups is 1. The van der Waals surface area contributed by atoms with Crippen molar-refractivity contribution < 1.29 is 28.6 Å². The van der Waals surface area contributed by atoms with E-state index in [0.29, 0.717) is 37.4 Å². The third-order valence-electron chi connectivity index (χ3n) is 5.86. The van der Waals surface area contributed by atoms with Crippen LogP contribution in [0.1, 0.15) is 23.6 Å². The molecule has 0 aromatic heterocycles. The van der Waals surface area contributed by atoms with Crippen molar-refractivity contribution in [2.75, 3.05) is 11.7 Å². The Bertz CT molecular complexity index is 1430. The Morgan fingerprint density at radius 1 is 0.946 bits per heavy atom. The predicted octanol–water partition coefficient (Wildman–Crippen LogP) is 5.75. The fourth-order valence-electron chi connectivity index (χ4n) is 3.93. The summed E-state index contributed by atoms with van der Waals surface area (Å²) in [6.07, 6.45) is 2.26. The summed E-state index contributed by atoms with van der Waals surface area (Å²) in [5.41, 5.74) is 2.74. The van der Waals surface area contributed by atoms with Crippen molar-refractivity contribution in [1.82, 2.24) is 5.32 Å². The van der Waals surface area contributed by atoms with Crippen LogP contribution in [-0.2, 0) is 22.6 Å². The number of nitrogens with zero attached hydrogens (tertiary/aromatic N) is 1. The van der Waals surface area contributed by atoms with E-state index < -0.39 is 17.8 Å². The number of hydrogen-bond donors (Lipinski definition) is 1. The molecule has 188 valence electrons. The number of hydrogen-bond acceptors (Lipinski definition) is 6. The number of halogens is 2. The average molecular weight is 628 g/mol. The molecule has 10 heteroatoms. The van der Waals surface area contributed by atoms with Crippen LogP contribution in [-0.4, -0.2) is 24.6 Å². The molecular formula is C27H20Br2N2O6. The topological polar surface area (TPSA) is 94.2 Å². The van der Waals surface area contributed by atoms with E-state index in [-0.39, 0.29) is 19.0 Å². The van der Waals surface area contributed by atoms with Gasteiger partial charge < -0.3 is 14.2 Å². The summed E-state index contributed by atoms with van der Waals surface area (Å²) in [6.45, 7) is 2.49. The lowest BCUT2D eigenvalue weighted by atomic mass is 10.1. The first kappa shape index (κ1) is 25.0. The number of anilines is 1. The van der Waals surface area contributed by atoms with Gasteiger partial charge in [-0.25, -0.2) is 9.69 Å². The molecule has 0 unspecified atom stereocenters. The maximum Gasteiger partial charge on any atom is 0.335 e. The van der Waals surface area contributed by atoms with Crippen LogP contribution in [0.4, 0.5) is 10.5 Å². The second-order valence-corrected chi connectivity index (χ2v) is 9.98. The summed E-state index contributed by atoms with van der Waals surface area (Å²) in [5, 5.41) is 2.25. The van der Waals surface area contributed by atoms with Crippen molar-refractivity contribution in [3.8, 4) is 17.2 Å². The van der Waals surface area contributed by atoms with Gasteiger partial charge in [0.2, 0.25) is 6.79 Å². The van der Waals surface area contributed by atoms with Gasteiger partial charge >= 0.3 is 6.03 Å². The van der Waals surface area contributed by atoms with Gasteiger partial charge in [-0.3, -0.25) is 14.9 Å². The number of imide groups is 2. The van der Waals surface area contributed by atoms with Crippen molar-refractivity contribution in [3.63, 3.8) is 0 Å². The van der Waals surface area contributed by atoms with Crippen LogP contribution in [0.2, 0.25) is 0 Å². The van der Waals surface area contributed by atoms with Gasteiger partial charge in [-0.1, -0.05) is 25.1 Å². The summed E-state index contributed by atoms with van der Waals surface area (Å²) in [5.74, 6) is 0.459. The molecule has 0 saturated carbocycles. The molecule has 5 rings (SSSR count). The van der Waals surface area contributed by atoms with Gasteiger partial charge in [0.1, 0.15) is 17.9 Å². The van der Waals surface area contributed by atoms with Crippen molar-refractivity contribution in [2.24, 2.45) is 0 Å². The molecule has 1 N–H and O–H groups in total. The highest BCUT2D eigenvalue weighted by molar-refractivity contribution is 9.11. The average Bonchev–Trinajstić information content (AvgIpc) is 3.34. The molecule has 0 radical (unpaired) electrons. The van der Waals surface area contributed by atoms with E-state index in [1.54, 1.807) is 24.3 Å². The molecule has 3 aromatic carbocycles. The van der Waals surface area contributed by atoms with Crippen LogP contribution >= 0.6 is 31.9 Å². The molecule has 0 atom stereocenters. The van der Waals surface area contributed by atoms with Gasteiger partial charge in [-0.15, -0.1) is 0 Å². The lowest BCUT2D eigenvalue weighted by molar-refractivity contribution is -0.122. The number of aryl methyl sites for hydroxylation is 1. The lowest BCUT2D eigenvalue weighted by Gasteiger charge is -2.26. The van der Waals surface area contributed by atoms with Gasteiger partial charge in [0.15, 0.2) is 11.5 Å². The molecule has 3 aromatic rings. The zero-order chi connectivity index (χ0) is 26.1. The van der Waals surface area contributed by atoms with E-state index in [9.17, 15) is 14.4 Å². The zero-order valence-electron chi connectivity index (χ0n) is 19.5. The molecule has 2 aliphatic heterocycles. The fourth-order valence-corrected chi connectivity index (χ4v) is 5.38. The Morgan fingerprint density at radius 2 is 1.62 bits per heavy atom. The largest absolute Gasteiger partial charge is 0.487 e. The first-order chi connectivity index (χ1) is 17.8. The third-order valence-corrected chi connectivity index (χ3v) is 7.03. The molecule has 1 fully saturated rings. The second kappa shape index (κ2) is 10.4. The van der Waals surface area contributed by atoms with Crippen LogP contribution in [0.15, 0.2) is 69.1 Å². The molecule has 8 nitrogen and oxygen atoms in total. The SMILES string of the molecule is CCc1ccc(N2C(=O)NC(=O)/C(=C/c3cc(Br)c(OCc4ccc5c(c4)OCO5)c(Br)c3)C2=O)cc1. The maximum atomic E-state index is 13.2. The molecule has 0 spiro atoms. The number of nitrogens with one attached hydrogen (secondary N) is 1. The number of carbonyl (C=O) groups is 3. The summed E-state index contributed by atoms with van der Waals surface area (Å²) in [7, 11) is 0. The first-order valence-corrected chi connectivity index (χ1v) is 12.9. The third kappa shape index (κ3) is 5.12. The van der Waals surface area contributed by atoms with Crippen molar-refractivity contribution in [1.29, 1.82) is 0 Å². The normalized spacial score (nSPS) is 15.8. The Kier molecular flexibility index (Phi) is 7.03. The van der Waals surface area contributed by atoms with Gasteiger partial charge in [0, 0.05) is 0 Å². The summed E-state index contributed by atoms with van der Waals surface area (Å²) >= 11 is 7.02. The number of fused-ring (bicyclic) bond motifs is 1. The van der Waals surface area contributed by atoms with Crippen LogP contribution in [0, 0.1) is 0 Å².